The molecule has 3 nitrogen and oxygen atoms in total. The Balaban J connectivity index is 2.73. The summed E-state index contributed by atoms with van der Waals surface area (Å²) in [6.07, 6.45) is 3.54. The number of allylic oxidation sites excluding steroid dienone is 2. The fourth-order valence-electron chi connectivity index (χ4n) is 1.10. The minimum absolute atomic E-state index is 0.277. The second-order valence-corrected chi connectivity index (χ2v) is 4.14. The van der Waals surface area contributed by atoms with Crippen LogP contribution in [0.15, 0.2) is 40.0 Å². The molecule has 0 saturated carbocycles. The van der Waals surface area contributed by atoms with Crippen molar-refractivity contribution < 1.29 is 9.53 Å². The van der Waals surface area contributed by atoms with E-state index in [4.69, 9.17) is 4.74 Å². The van der Waals surface area contributed by atoms with Crippen molar-refractivity contribution in [3.8, 4) is 0 Å². The Bertz CT molecular complexity index is 390. The van der Waals surface area contributed by atoms with Crippen LogP contribution in [0.4, 0.5) is 0 Å². The molecule has 0 radical (unpaired) electrons. The first-order valence-electron chi connectivity index (χ1n) is 5.06. The summed E-state index contributed by atoms with van der Waals surface area (Å²) in [4.78, 5) is 12.2. The Kier molecular flexibility index (Phi) is 4.96. The van der Waals surface area contributed by atoms with Crippen LogP contribution in [0, 0.1) is 0 Å². The van der Waals surface area contributed by atoms with Crippen molar-refractivity contribution in [3.63, 3.8) is 0 Å². The van der Waals surface area contributed by atoms with E-state index in [1.54, 1.807) is 19.1 Å². The van der Waals surface area contributed by atoms with E-state index in [0.717, 1.165) is 10.6 Å². The Morgan fingerprint density at radius 2 is 2.50 bits per heavy atom. The summed E-state index contributed by atoms with van der Waals surface area (Å²) in [6, 6.07) is 0. The number of hydrogen-bond donors (Lipinski definition) is 1. The Morgan fingerprint density at radius 1 is 1.75 bits per heavy atom. The predicted octanol–water partition coefficient (Wildman–Crippen LogP) is 2.34. The lowest BCUT2D eigenvalue weighted by Crippen LogP contribution is -2.14. The molecule has 16 heavy (non-hydrogen) atoms. The summed E-state index contributed by atoms with van der Waals surface area (Å²) in [5.74, 6) is -0.277. The standard InChI is InChI=1S/C12H15NO2S/c1-4-8-13-10-7-6-9(3)11(16-10)12(14)15-5-2/h4,6,13H,1,5,8H2,2-3H3. The summed E-state index contributed by atoms with van der Waals surface area (Å²) in [7, 11) is 0. The predicted molar refractivity (Wildman–Crippen MR) is 66.7 cm³/mol. The molecule has 4 heteroatoms. The number of carbonyl (C=O) groups excluding carboxylic acids is 1. The molecule has 1 N–H and O–H groups in total. The van der Waals surface area contributed by atoms with Gasteiger partial charge < -0.3 is 10.1 Å². The van der Waals surface area contributed by atoms with Crippen LogP contribution < -0.4 is 5.32 Å². The van der Waals surface area contributed by atoms with Gasteiger partial charge in [0.2, 0.25) is 0 Å². The minimum atomic E-state index is -0.277. The molecule has 86 valence electrons. The third-order valence-corrected chi connectivity index (χ3v) is 3.01. The Labute approximate surface area is 99.9 Å². The monoisotopic (exact) mass is 237 g/mol. The number of esters is 1. The van der Waals surface area contributed by atoms with E-state index in [0.29, 0.717) is 18.1 Å². The van der Waals surface area contributed by atoms with Gasteiger partial charge in [0, 0.05) is 6.54 Å². The van der Waals surface area contributed by atoms with Crippen molar-refractivity contribution in [2.24, 2.45) is 0 Å². The van der Waals surface area contributed by atoms with Gasteiger partial charge in [-0.1, -0.05) is 23.6 Å². The molecule has 0 aromatic carbocycles. The van der Waals surface area contributed by atoms with E-state index in [1.807, 2.05) is 6.92 Å². The largest absolute Gasteiger partial charge is 0.462 e. The van der Waals surface area contributed by atoms with Crippen molar-refractivity contribution in [1.29, 1.82) is 0 Å². The highest BCUT2D eigenvalue weighted by Crippen LogP contribution is 2.30. The highest BCUT2D eigenvalue weighted by molar-refractivity contribution is 8.07. The summed E-state index contributed by atoms with van der Waals surface area (Å²) in [6.45, 7) is 8.32. The first-order chi connectivity index (χ1) is 7.69. The van der Waals surface area contributed by atoms with Crippen molar-refractivity contribution >= 4 is 17.7 Å². The lowest BCUT2D eigenvalue weighted by Gasteiger charge is -2.13. The van der Waals surface area contributed by atoms with Gasteiger partial charge in [0.15, 0.2) is 0 Å². The lowest BCUT2D eigenvalue weighted by atomic mass is 10.2. The summed E-state index contributed by atoms with van der Waals surface area (Å²) in [5.41, 5.74) is 3.94. The smallest absolute Gasteiger partial charge is 0.345 e. The fourth-order valence-corrected chi connectivity index (χ4v) is 1.94. The summed E-state index contributed by atoms with van der Waals surface area (Å²) < 4.78 is 4.98. The second kappa shape index (κ2) is 6.26. The zero-order valence-corrected chi connectivity index (χ0v) is 10.3. The van der Waals surface area contributed by atoms with Gasteiger partial charge in [0.25, 0.3) is 0 Å². The van der Waals surface area contributed by atoms with Gasteiger partial charge in [-0.25, -0.2) is 4.79 Å². The molecule has 0 amide bonds. The fraction of sp³-hybridized carbons (Fsp3) is 0.333. The number of hydrogen-bond acceptors (Lipinski definition) is 4. The van der Waals surface area contributed by atoms with Gasteiger partial charge in [-0.2, -0.15) is 0 Å². The molecule has 1 rings (SSSR count). The molecule has 0 unspecified atom stereocenters. The van der Waals surface area contributed by atoms with Gasteiger partial charge in [-0.3, -0.25) is 0 Å². The molecule has 0 aromatic rings. The zero-order valence-electron chi connectivity index (χ0n) is 9.50. The maximum absolute atomic E-state index is 11.6. The maximum Gasteiger partial charge on any atom is 0.345 e. The van der Waals surface area contributed by atoms with Crippen molar-refractivity contribution in [2.75, 3.05) is 13.2 Å². The maximum atomic E-state index is 11.6. The topological polar surface area (TPSA) is 38.3 Å². The van der Waals surface area contributed by atoms with Gasteiger partial charge >= 0.3 is 5.97 Å². The van der Waals surface area contributed by atoms with E-state index in [-0.39, 0.29) is 5.97 Å². The summed E-state index contributed by atoms with van der Waals surface area (Å²) in [5, 5.41) is 3.91. The lowest BCUT2D eigenvalue weighted by molar-refractivity contribution is -0.137. The van der Waals surface area contributed by atoms with Crippen molar-refractivity contribution in [2.45, 2.75) is 13.8 Å². The van der Waals surface area contributed by atoms with Crippen LogP contribution >= 0.6 is 11.8 Å². The SMILES string of the molecule is C=CCNC1=C=CC(C)=C(C(=O)OCC)S1. The van der Waals surface area contributed by atoms with Crippen molar-refractivity contribution in [3.05, 3.63) is 40.0 Å². The number of carbonyl (C=O) groups is 1. The van der Waals surface area contributed by atoms with Gasteiger partial charge in [-0.05, 0) is 25.5 Å². The summed E-state index contributed by atoms with van der Waals surface area (Å²) >= 11 is 1.35. The van der Waals surface area contributed by atoms with E-state index >= 15 is 0 Å². The molecule has 0 aromatic heterocycles. The molecule has 1 aliphatic heterocycles. The Hall–Kier alpha value is -1.38. The van der Waals surface area contributed by atoms with E-state index in [1.165, 1.54) is 11.8 Å². The van der Waals surface area contributed by atoms with Gasteiger partial charge in [-0.15, -0.1) is 6.58 Å². The molecule has 0 aliphatic carbocycles. The second-order valence-electron chi connectivity index (χ2n) is 3.12. The molecule has 0 saturated heterocycles. The highest BCUT2D eigenvalue weighted by Gasteiger charge is 2.18. The quantitative estimate of drug-likeness (QED) is 0.452. The van der Waals surface area contributed by atoms with Gasteiger partial charge in [0.05, 0.1) is 6.61 Å². The van der Waals surface area contributed by atoms with Gasteiger partial charge in [0.1, 0.15) is 9.93 Å². The van der Waals surface area contributed by atoms with Crippen LogP contribution in [0.5, 0.6) is 0 Å². The average molecular weight is 237 g/mol. The first kappa shape index (κ1) is 12.7. The first-order valence-corrected chi connectivity index (χ1v) is 5.88. The normalized spacial score (nSPS) is 14.5. The van der Waals surface area contributed by atoms with Crippen LogP contribution in [0.25, 0.3) is 0 Å². The third kappa shape index (κ3) is 3.33. The van der Waals surface area contributed by atoms with Crippen LogP contribution in [0.3, 0.4) is 0 Å². The molecule has 1 heterocycles. The average Bonchev–Trinajstić information content (AvgIpc) is 2.28. The molecule has 0 atom stereocenters. The molecular formula is C12H15NO2S. The molecule has 0 fully saturated rings. The van der Waals surface area contributed by atoms with Crippen LogP contribution in [0.1, 0.15) is 13.8 Å². The third-order valence-electron chi connectivity index (χ3n) is 1.85. The molecule has 0 bridgehead atoms. The number of ether oxygens (including phenoxy) is 1. The minimum Gasteiger partial charge on any atom is -0.462 e. The number of nitrogens with one attached hydrogen (secondary N) is 1. The highest BCUT2D eigenvalue weighted by atomic mass is 32.2. The number of thioether (sulfide) groups is 1. The Morgan fingerprint density at radius 3 is 3.12 bits per heavy atom. The molecule has 1 aliphatic rings. The van der Waals surface area contributed by atoms with Crippen molar-refractivity contribution in [1.82, 2.24) is 5.32 Å². The number of rotatable bonds is 5. The molecular weight excluding hydrogens is 222 g/mol. The van der Waals surface area contributed by atoms with Crippen LogP contribution in [-0.4, -0.2) is 19.1 Å². The van der Waals surface area contributed by atoms with E-state index in [9.17, 15) is 4.79 Å². The van der Waals surface area contributed by atoms with Crippen LogP contribution in [-0.2, 0) is 9.53 Å². The van der Waals surface area contributed by atoms with Crippen LogP contribution in [0.2, 0.25) is 0 Å². The zero-order chi connectivity index (χ0) is 12.0. The van der Waals surface area contributed by atoms with E-state index < -0.39 is 0 Å². The van der Waals surface area contributed by atoms with E-state index in [2.05, 4.69) is 17.6 Å². The molecule has 0 spiro atoms.